The van der Waals surface area contributed by atoms with Crippen LogP contribution in [0.25, 0.3) is 0 Å². The minimum Gasteiger partial charge on any atom is -0.495 e. The summed E-state index contributed by atoms with van der Waals surface area (Å²) in [6.45, 7) is 2.86. The molecule has 144 valence electrons. The van der Waals surface area contributed by atoms with E-state index in [-0.39, 0.29) is 23.7 Å². The van der Waals surface area contributed by atoms with Gasteiger partial charge in [-0.1, -0.05) is 0 Å². The van der Waals surface area contributed by atoms with Gasteiger partial charge in [-0.15, -0.1) is 0 Å². The summed E-state index contributed by atoms with van der Waals surface area (Å²) >= 11 is 0. The predicted octanol–water partition coefficient (Wildman–Crippen LogP) is 1.17. The van der Waals surface area contributed by atoms with Gasteiger partial charge in [0, 0.05) is 31.4 Å². The van der Waals surface area contributed by atoms with Crippen molar-refractivity contribution in [2.75, 3.05) is 38.3 Å². The van der Waals surface area contributed by atoms with Crippen LogP contribution in [-0.4, -0.2) is 56.1 Å². The fraction of sp³-hybridized carbons (Fsp3) is 0.412. The highest BCUT2D eigenvalue weighted by molar-refractivity contribution is 7.89. The van der Waals surface area contributed by atoms with Crippen LogP contribution in [-0.2, 0) is 27.8 Å². The molecule has 8 nitrogen and oxygen atoms in total. The summed E-state index contributed by atoms with van der Waals surface area (Å²) in [4.78, 5) is 10.7. The molecule has 1 aromatic carbocycles. The number of nitrogens with zero attached hydrogens (tertiary/aromatic N) is 4. The van der Waals surface area contributed by atoms with Crippen molar-refractivity contribution in [3.63, 3.8) is 0 Å². The van der Waals surface area contributed by atoms with E-state index in [4.69, 9.17) is 9.47 Å². The van der Waals surface area contributed by atoms with Crippen molar-refractivity contribution < 1.29 is 22.3 Å². The largest absolute Gasteiger partial charge is 0.495 e. The van der Waals surface area contributed by atoms with Crippen LogP contribution in [0, 0.1) is 5.82 Å². The first-order valence-corrected chi connectivity index (χ1v) is 9.94. The monoisotopic (exact) mass is 394 g/mol. The lowest BCUT2D eigenvalue weighted by Crippen LogP contribution is -2.37. The molecular formula is C17H19FN4O4S. The summed E-state index contributed by atoms with van der Waals surface area (Å²) in [5.41, 5.74) is 1.40. The first kappa shape index (κ1) is 18.1. The standard InChI is InChI=1S/C17H19FN4O4S/c1-25-15-3-2-13(18)8-16(15)27(23,24)22-10-12-9-19-17(20-14(12)11-22)21-4-6-26-7-5-21/h2-3,8-9H,4-7,10-11H2,1H3. The van der Waals surface area contributed by atoms with E-state index in [1.807, 2.05) is 4.90 Å². The Morgan fingerprint density at radius 1 is 1.22 bits per heavy atom. The molecule has 1 fully saturated rings. The lowest BCUT2D eigenvalue weighted by molar-refractivity contribution is 0.122. The maximum absolute atomic E-state index is 13.6. The Morgan fingerprint density at radius 3 is 2.74 bits per heavy atom. The molecule has 0 bridgehead atoms. The van der Waals surface area contributed by atoms with Gasteiger partial charge in [-0.25, -0.2) is 22.8 Å². The lowest BCUT2D eigenvalue weighted by atomic mass is 10.3. The first-order chi connectivity index (χ1) is 13.0. The molecule has 0 unspecified atom stereocenters. The fourth-order valence-electron chi connectivity index (χ4n) is 3.19. The van der Waals surface area contributed by atoms with E-state index in [1.54, 1.807) is 6.20 Å². The number of rotatable bonds is 4. The Balaban J connectivity index is 1.61. The highest BCUT2D eigenvalue weighted by atomic mass is 32.2. The van der Waals surface area contributed by atoms with Gasteiger partial charge in [0.05, 0.1) is 32.6 Å². The number of sulfonamides is 1. The minimum absolute atomic E-state index is 0.104. The van der Waals surface area contributed by atoms with E-state index < -0.39 is 15.8 Å². The van der Waals surface area contributed by atoms with Gasteiger partial charge in [0.15, 0.2) is 0 Å². The maximum atomic E-state index is 13.6. The molecule has 1 saturated heterocycles. The summed E-state index contributed by atoms with van der Waals surface area (Å²) in [6.07, 6.45) is 1.66. The smallest absolute Gasteiger partial charge is 0.247 e. The van der Waals surface area contributed by atoms with Gasteiger partial charge in [-0.05, 0) is 18.2 Å². The molecule has 0 saturated carbocycles. The van der Waals surface area contributed by atoms with Gasteiger partial charge in [-0.2, -0.15) is 4.31 Å². The molecule has 1 aromatic heterocycles. The molecule has 2 aliphatic heterocycles. The molecule has 2 aliphatic rings. The predicted molar refractivity (Wildman–Crippen MR) is 94.4 cm³/mol. The number of methoxy groups -OCH3 is 1. The number of ether oxygens (including phenoxy) is 2. The highest BCUT2D eigenvalue weighted by Gasteiger charge is 2.34. The van der Waals surface area contributed by atoms with Crippen molar-refractivity contribution >= 4 is 16.0 Å². The van der Waals surface area contributed by atoms with E-state index in [9.17, 15) is 12.8 Å². The molecule has 27 heavy (non-hydrogen) atoms. The molecule has 10 heteroatoms. The van der Waals surface area contributed by atoms with Crippen LogP contribution in [0.5, 0.6) is 5.75 Å². The normalized spacial score (nSPS) is 17.8. The SMILES string of the molecule is COc1ccc(F)cc1S(=O)(=O)N1Cc2cnc(N3CCOCC3)nc2C1. The number of aromatic nitrogens is 2. The Labute approximate surface area is 156 Å². The fourth-order valence-corrected chi connectivity index (χ4v) is 4.74. The van der Waals surface area contributed by atoms with E-state index in [0.29, 0.717) is 37.9 Å². The van der Waals surface area contributed by atoms with Crippen molar-refractivity contribution in [3.05, 3.63) is 41.5 Å². The second kappa shape index (κ2) is 7.02. The van der Waals surface area contributed by atoms with Crippen LogP contribution in [0.15, 0.2) is 29.3 Å². The van der Waals surface area contributed by atoms with Gasteiger partial charge < -0.3 is 14.4 Å². The van der Waals surface area contributed by atoms with E-state index >= 15 is 0 Å². The van der Waals surface area contributed by atoms with Crippen molar-refractivity contribution in [1.29, 1.82) is 0 Å². The van der Waals surface area contributed by atoms with Crippen LogP contribution in [0.3, 0.4) is 0 Å². The maximum Gasteiger partial charge on any atom is 0.247 e. The Bertz CT molecular complexity index is 963. The zero-order chi connectivity index (χ0) is 19.0. The first-order valence-electron chi connectivity index (χ1n) is 8.50. The second-order valence-electron chi connectivity index (χ2n) is 6.31. The number of halogens is 1. The Hall–Kier alpha value is -2.30. The van der Waals surface area contributed by atoms with Crippen LogP contribution in [0.4, 0.5) is 10.3 Å². The number of hydrogen-bond acceptors (Lipinski definition) is 7. The third kappa shape index (κ3) is 3.35. The summed E-state index contributed by atoms with van der Waals surface area (Å²) in [5, 5.41) is 0. The molecule has 0 aliphatic carbocycles. The van der Waals surface area contributed by atoms with Gasteiger partial charge in [0.1, 0.15) is 16.5 Å². The average Bonchev–Trinajstić information content (AvgIpc) is 3.13. The second-order valence-corrected chi connectivity index (χ2v) is 8.22. The Morgan fingerprint density at radius 2 is 2.00 bits per heavy atom. The van der Waals surface area contributed by atoms with Crippen molar-refractivity contribution in [2.45, 2.75) is 18.0 Å². The molecular weight excluding hydrogens is 375 g/mol. The van der Waals surface area contributed by atoms with Crippen molar-refractivity contribution in [1.82, 2.24) is 14.3 Å². The zero-order valence-corrected chi connectivity index (χ0v) is 15.6. The van der Waals surface area contributed by atoms with Crippen LogP contribution in [0.2, 0.25) is 0 Å². The summed E-state index contributed by atoms with van der Waals surface area (Å²) < 4.78 is 51.4. The average molecular weight is 394 g/mol. The topological polar surface area (TPSA) is 84.9 Å². The van der Waals surface area contributed by atoms with Gasteiger partial charge in [0.25, 0.3) is 0 Å². The van der Waals surface area contributed by atoms with E-state index in [1.165, 1.54) is 17.5 Å². The number of hydrogen-bond donors (Lipinski definition) is 0. The van der Waals surface area contributed by atoms with E-state index in [2.05, 4.69) is 9.97 Å². The molecule has 0 atom stereocenters. The number of fused-ring (bicyclic) bond motifs is 1. The molecule has 0 N–H and O–H groups in total. The van der Waals surface area contributed by atoms with Gasteiger partial charge in [0.2, 0.25) is 16.0 Å². The summed E-state index contributed by atoms with van der Waals surface area (Å²) in [6, 6.07) is 3.44. The molecule has 0 amide bonds. The van der Waals surface area contributed by atoms with Crippen molar-refractivity contribution in [2.24, 2.45) is 0 Å². The quantitative estimate of drug-likeness (QED) is 0.769. The summed E-state index contributed by atoms with van der Waals surface area (Å²) in [5.74, 6) is 0.0348. The molecule has 2 aromatic rings. The number of benzene rings is 1. The summed E-state index contributed by atoms with van der Waals surface area (Å²) in [7, 11) is -2.59. The minimum atomic E-state index is -3.94. The van der Waals surface area contributed by atoms with Gasteiger partial charge >= 0.3 is 0 Å². The third-order valence-electron chi connectivity index (χ3n) is 4.65. The van der Waals surface area contributed by atoms with E-state index in [0.717, 1.165) is 17.7 Å². The Kier molecular flexibility index (Phi) is 4.70. The van der Waals surface area contributed by atoms with Gasteiger partial charge in [-0.3, -0.25) is 0 Å². The highest BCUT2D eigenvalue weighted by Crippen LogP contribution is 2.32. The van der Waals surface area contributed by atoms with Crippen LogP contribution in [0.1, 0.15) is 11.3 Å². The molecule has 0 spiro atoms. The number of morpholine rings is 1. The third-order valence-corrected chi connectivity index (χ3v) is 6.46. The number of anilines is 1. The lowest BCUT2D eigenvalue weighted by Gasteiger charge is -2.26. The molecule has 0 radical (unpaired) electrons. The molecule has 3 heterocycles. The van der Waals surface area contributed by atoms with Crippen LogP contribution < -0.4 is 9.64 Å². The zero-order valence-electron chi connectivity index (χ0n) is 14.8. The van der Waals surface area contributed by atoms with Crippen molar-refractivity contribution in [3.8, 4) is 5.75 Å². The van der Waals surface area contributed by atoms with Crippen LogP contribution >= 0.6 is 0 Å². The molecule has 4 rings (SSSR count).